The lowest BCUT2D eigenvalue weighted by Gasteiger charge is -1.96. The van der Waals surface area contributed by atoms with E-state index in [4.69, 9.17) is 9.57 Å². The third-order valence-electron chi connectivity index (χ3n) is 1.45. The maximum Gasteiger partial charge on any atom is 0.140 e. The largest absolute Gasteiger partial charge is 0.393 e. The van der Waals surface area contributed by atoms with Crippen LogP contribution in [0.2, 0.25) is 0 Å². The molecule has 70 valence electrons. The molecule has 13 heavy (non-hydrogen) atoms. The number of hydrogen-bond acceptors (Lipinski definition) is 3. The van der Waals surface area contributed by atoms with Crippen LogP contribution in [-0.2, 0) is 9.57 Å². The molecule has 0 aliphatic carbocycles. The predicted octanol–water partition coefficient (Wildman–Crippen LogP) is 1.68. The van der Waals surface area contributed by atoms with Gasteiger partial charge in [0, 0.05) is 7.11 Å². The van der Waals surface area contributed by atoms with Crippen molar-refractivity contribution in [2.45, 2.75) is 0 Å². The second kappa shape index (κ2) is 6.20. The van der Waals surface area contributed by atoms with Gasteiger partial charge in [-0.3, -0.25) is 0 Å². The maximum absolute atomic E-state index is 4.92. The second-order valence-corrected chi connectivity index (χ2v) is 2.47. The Balaban J connectivity index is 2.25. The van der Waals surface area contributed by atoms with Crippen molar-refractivity contribution in [3.8, 4) is 0 Å². The molecule has 1 aromatic carbocycles. The van der Waals surface area contributed by atoms with Crippen molar-refractivity contribution in [2.24, 2.45) is 5.16 Å². The molecule has 0 bridgehead atoms. The first kappa shape index (κ1) is 9.74. The maximum atomic E-state index is 4.92. The van der Waals surface area contributed by atoms with E-state index in [9.17, 15) is 0 Å². The van der Waals surface area contributed by atoms with E-state index in [0.717, 1.165) is 5.56 Å². The highest BCUT2D eigenvalue weighted by atomic mass is 16.6. The van der Waals surface area contributed by atoms with Crippen LogP contribution in [0, 0.1) is 0 Å². The molecular weight excluding hydrogens is 166 g/mol. The molecule has 0 aliphatic heterocycles. The summed E-state index contributed by atoms with van der Waals surface area (Å²) in [6.45, 7) is 1.05. The summed E-state index contributed by atoms with van der Waals surface area (Å²) in [5, 5.41) is 3.77. The van der Waals surface area contributed by atoms with Crippen molar-refractivity contribution in [1.82, 2.24) is 0 Å². The van der Waals surface area contributed by atoms with Crippen molar-refractivity contribution < 1.29 is 9.57 Å². The molecule has 3 nitrogen and oxygen atoms in total. The second-order valence-electron chi connectivity index (χ2n) is 2.47. The van der Waals surface area contributed by atoms with Gasteiger partial charge in [0.1, 0.15) is 6.61 Å². The highest BCUT2D eigenvalue weighted by molar-refractivity contribution is 5.78. The summed E-state index contributed by atoms with van der Waals surface area (Å²) < 4.78 is 4.80. The fourth-order valence-electron chi connectivity index (χ4n) is 0.811. The van der Waals surface area contributed by atoms with Gasteiger partial charge in [-0.05, 0) is 5.56 Å². The molecule has 0 saturated carbocycles. The van der Waals surface area contributed by atoms with Gasteiger partial charge in [0.15, 0.2) is 0 Å². The molecule has 0 N–H and O–H groups in total. The number of benzene rings is 1. The van der Waals surface area contributed by atoms with Gasteiger partial charge in [0.05, 0.1) is 12.8 Å². The van der Waals surface area contributed by atoms with Crippen molar-refractivity contribution in [3.63, 3.8) is 0 Å². The number of oxime groups is 1. The monoisotopic (exact) mass is 179 g/mol. The molecule has 0 amide bonds. The van der Waals surface area contributed by atoms with Crippen molar-refractivity contribution in [3.05, 3.63) is 35.9 Å². The van der Waals surface area contributed by atoms with Gasteiger partial charge >= 0.3 is 0 Å². The third kappa shape index (κ3) is 4.28. The van der Waals surface area contributed by atoms with E-state index in [0.29, 0.717) is 13.2 Å². The van der Waals surface area contributed by atoms with Gasteiger partial charge in [-0.2, -0.15) is 0 Å². The van der Waals surface area contributed by atoms with Crippen LogP contribution in [0.5, 0.6) is 0 Å². The average molecular weight is 179 g/mol. The number of rotatable bonds is 5. The van der Waals surface area contributed by atoms with Crippen LogP contribution in [0.25, 0.3) is 0 Å². The molecule has 0 saturated heterocycles. The lowest BCUT2D eigenvalue weighted by atomic mass is 10.2. The first-order valence-corrected chi connectivity index (χ1v) is 4.13. The van der Waals surface area contributed by atoms with Crippen LogP contribution in [-0.4, -0.2) is 26.5 Å². The van der Waals surface area contributed by atoms with Crippen LogP contribution in [0.1, 0.15) is 5.56 Å². The highest BCUT2D eigenvalue weighted by Crippen LogP contribution is 1.93. The standard InChI is InChI=1S/C10H13NO2/c1-12-7-8-13-11-9-10-5-3-2-4-6-10/h2-6,9H,7-8H2,1H3. The van der Waals surface area contributed by atoms with E-state index in [2.05, 4.69) is 5.16 Å². The molecule has 0 aromatic heterocycles. The van der Waals surface area contributed by atoms with E-state index in [1.165, 1.54) is 0 Å². The molecular formula is C10H13NO2. The molecule has 3 heteroatoms. The Labute approximate surface area is 78.0 Å². The first-order chi connectivity index (χ1) is 6.43. The molecule has 0 fully saturated rings. The van der Waals surface area contributed by atoms with Crippen molar-refractivity contribution in [2.75, 3.05) is 20.3 Å². The number of hydrogen-bond donors (Lipinski definition) is 0. The van der Waals surface area contributed by atoms with Crippen LogP contribution >= 0.6 is 0 Å². The summed E-state index contributed by atoms with van der Waals surface area (Å²) in [6, 6.07) is 9.79. The Kier molecular flexibility index (Phi) is 4.64. The summed E-state index contributed by atoms with van der Waals surface area (Å²) in [7, 11) is 1.63. The van der Waals surface area contributed by atoms with Crippen LogP contribution in [0.3, 0.4) is 0 Å². The number of ether oxygens (including phenoxy) is 1. The van der Waals surface area contributed by atoms with E-state index in [1.807, 2.05) is 30.3 Å². The Morgan fingerprint density at radius 1 is 1.23 bits per heavy atom. The molecule has 0 atom stereocenters. The van der Waals surface area contributed by atoms with E-state index < -0.39 is 0 Å². The van der Waals surface area contributed by atoms with Gasteiger partial charge in [0.25, 0.3) is 0 Å². The van der Waals surface area contributed by atoms with E-state index in [1.54, 1.807) is 13.3 Å². The zero-order chi connectivity index (χ0) is 9.36. The fourth-order valence-corrected chi connectivity index (χ4v) is 0.811. The lowest BCUT2D eigenvalue weighted by molar-refractivity contribution is 0.0760. The van der Waals surface area contributed by atoms with Gasteiger partial charge in [-0.25, -0.2) is 0 Å². The Morgan fingerprint density at radius 2 is 2.00 bits per heavy atom. The summed E-state index contributed by atoms with van der Waals surface area (Å²) in [6.07, 6.45) is 1.68. The third-order valence-corrected chi connectivity index (χ3v) is 1.45. The smallest absolute Gasteiger partial charge is 0.140 e. The molecule has 0 radical (unpaired) electrons. The minimum absolute atomic E-state index is 0.486. The summed E-state index contributed by atoms with van der Waals surface area (Å²) >= 11 is 0. The summed E-state index contributed by atoms with van der Waals surface area (Å²) in [5.41, 5.74) is 1.03. The van der Waals surface area contributed by atoms with Gasteiger partial charge in [-0.1, -0.05) is 35.5 Å². The predicted molar refractivity (Wildman–Crippen MR) is 51.9 cm³/mol. The van der Waals surface area contributed by atoms with Crippen LogP contribution in [0.15, 0.2) is 35.5 Å². The Morgan fingerprint density at radius 3 is 2.69 bits per heavy atom. The molecule has 0 aliphatic rings. The minimum atomic E-state index is 0.486. The normalized spacial score (nSPS) is 10.5. The zero-order valence-electron chi connectivity index (χ0n) is 7.64. The van der Waals surface area contributed by atoms with Gasteiger partial charge in [0.2, 0.25) is 0 Å². The lowest BCUT2D eigenvalue weighted by Crippen LogP contribution is -1.97. The van der Waals surface area contributed by atoms with Gasteiger partial charge in [-0.15, -0.1) is 0 Å². The number of methoxy groups -OCH3 is 1. The SMILES string of the molecule is COCCON=Cc1ccccc1. The molecule has 1 aromatic rings. The Hall–Kier alpha value is -1.35. The minimum Gasteiger partial charge on any atom is -0.393 e. The van der Waals surface area contributed by atoms with Crippen molar-refractivity contribution in [1.29, 1.82) is 0 Å². The number of nitrogens with zero attached hydrogens (tertiary/aromatic N) is 1. The average Bonchev–Trinajstić information content (AvgIpc) is 2.19. The van der Waals surface area contributed by atoms with E-state index >= 15 is 0 Å². The zero-order valence-corrected chi connectivity index (χ0v) is 7.64. The first-order valence-electron chi connectivity index (χ1n) is 4.13. The Bertz CT molecular complexity index is 246. The van der Waals surface area contributed by atoms with Crippen LogP contribution in [0.4, 0.5) is 0 Å². The quantitative estimate of drug-likeness (QED) is 0.391. The molecule has 0 spiro atoms. The molecule has 0 unspecified atom stereocenters. The summed E-state index contributed by atoms with van der Waals surface area (Å²) in [4.78, 5) is 4.92. The van der Waals surface area contributed by atoms with E-state index in [-0.39, 0.29) is 0 Å². The highest BCUT2D eigenvalue weighted by Gasteiger charge is 1.84. The fraction of sp³-hybridized carbons (Fsp3) is 0.300. The molecule has 1 rings (SSSR count). The van der Waals surface area contributed by atoms with Gasteiger partial charge < -0.3 is 9.57 Å². The summed E-state index contributed by atoms with van der Waals surface area (Å²) in [5.74, 6) is 0. The topological polar surface area (TPSA) is 30.8 Å². The van der Waals surface area contributed by atoms with Crippen LogP contribution < -0.4 is 0 Å². The molecule has 0 heterocycles. The van der Waals surface area contributed by atoms with Crippen molar-refractivity contribution >= 4 is 6.21 Å².